The van der Waals surface area contributed by atoms with Crippen molar-refractivity contribution in [2.45, 2.75) is 13.5 Å². The molecule has 78 valence electrons. The summed E-state index contributed by atoms with van der Waals surface area (Å²) < 4.78 is 1.90. The van der Waals surface area contributed by atoms with E-state index in [1.807, 2.05) is 29.8 Å². The molecule has 2 aromatic rings. The van der Waals surface area contributed by atoms with Gasteiger partial charge in [0.25, 0.3) is 0 Å². The van der Waals surface area contributed by atoms with Crippen LogP contribution in [0.15, 0.2) is 30.6 Å². The largest absolute Gasteiger partial charge is 0.392 e. The molecule has 15 heavy (non-hydrogen) atoms. The van der Waals surface area contributed by atoms with Crippen molar-refractivity contribution in [2.75, 3.05) is 0 Å². The molecular weight excluding hydrogens is 212 g/mol. The van der Waals surface area contributed by atoms with Gasteiger partial charge in [0.15, 0.2) is 0 Å². The number of hydrogen-bond donors (Lipinski definition) is 1. The van der Waals surface area contributed by atoms with Gasteiger partial charge in [-0.15, -0.1) is 0 Å². The van der Waals surface area contributed by atoms with Crippen LogP contribution in [0.25, 0.3) is 5.69 Å². The molecule has 0 atom stereocenters. The van der Waals surface area contributed by atoms with E-state index in [0.717, 1.165) is 17.1 Å². The second kappa shape index (κ2) is 4.04. The second-order valence-electron chi connectivity index (χ2n) is 3.28. The van der Waals surface area contributed by atoms with E-state index < -0.39 is 0 Å². The summed E-state index contributed by atoms with van der Waals surface area (Å²) in [5.41, 5.74) is 1.71. The van der Waals surface area contributed by atoms with E-state index in [-0.39, 0.29) is 6.61 Å². The van der Waals surface area contributed by atoms with Gasteiger partial charge in [-0.3, -0.25) is 0 Å². The maximum Gasteiger partial charge on any atom is 0.110 e. The molecule has 1 aromatic carbocycles. The Morgan fingerprint density at radius 3 is 2.87 bits per heavy atom. The SMILES string of the molecule is Cc1nccn1-c1cc(Cl)ccc1CO. The lowest BCUT2D eigenvalue weighted by molar-refractivity contribution is 0.281. The average Bonchev–Trinajstić information content (AvgIpc) is 2.64. The lowest BCUT2D eigenvalue weighted by Gasteiger charge is -2.10. The predicted molar refractivity (Wildman–Crippen MR) is 59.2 cm³/mol. The summed E-state index contributed by atoms with van der Waals surface area (Å²) in [6.07, 6.45) is 3.57. The van der Waals surface area contributed by atoms with Crippen molar-refractivity contribution in [3.05, 3.63) is 47.0 Å². The molecule has 0 aliphatic carbocycles. The molecule has 0 fully saturated rings. The number of rotatable bonds is 2. The van der Waals surface area contributed by atoms with Crippen LogP contribution in [0.4, 0.5) is 0 Å². The van der Waals surface area contributed by atoms with Gasteiger partial charge < -0.3 is 9.67 Å². The lowest BCUT2D eigenvalue weighted by atomic mass is 10.2. The Hall–Kier alpha value is -1.32. The molecule has 1 N–H and O–H groups in total. The lowest BCUT2D eigenvalue weighted by Crippen LogP contribution is -2.00. The van der Waals surface area contributed by atoms with E-state index in [9.17, 15) is 5.11 Å². The standard InChI is InChI=1S/C11H11ClN2O/c1-8-13-4-5-14(8)11-6-10(12)3-2-9(11)7-15/h2-6,15H,7H2,1H3. The predicted octanol–water partition coefficient (Wildman–Crippen LogP) is 2.33. The zero-order valence-corrected chi connectivity index (χ0v) is 9.07. The van der Waals surface area contributed by atoms with Crippen LogP contribution < -0.4 is 0 Å². The monoisotopic (exact) mass is 222 g/mol. The van der Waals surface area contributed by atoms with Gasteiger partial charge in [0.1, 0.15) is 5.82 Å². The zero-order valence-electron chi connectivity index (χ0n) is 8.31. The molecule has 0 bridgehead atoms. The number of aliphatic hydroxyl groups is 1. The highest BCUT2D eigenvalue weighted by Crippen LogP contribution is 2.21. The Balaban J connectivity index is 2.60. The smallest absolute Gasteiger partial charge is 0.110 e. The third-order valence-electron chi connectivity index (χ3n) is 2.30. The Bertz CT molecular complexity index is 479. The molecule has 3 nitrogen and oxygen atoms in total. The fourth-order valence-electron chi connectivity index (χ4n) is 1.53. The van der Waals surface area contributed by atoms with Gasteiger partial charge in [-0.2, -0.15) is 0 Å². The molecule has 0 saturated carbocycles. The van der Waals surface area contributed by atoms with E-state index in [2.05, 4.69) is 4.98 Å². The summed E-state index contributed by atoms with van der Waals surface area (Å²) in [5, 5.41) is 9.87. The molecule has 2 rings (SSSR count). The summed E-state index contributed by atoms with van der Waals surface area (Å²) in [5.74, 6) is 0.868. The number of aromatic nitrogens is 2. The number of nitrogens with zero attached hydrogens (tertiary/aromatic N) is 2. The molecule has 0 spiro atoms. The molecule has 0 aliphatic rings. The van der Waals surface area contributed by atoms with Crippen molar-refractivity contribution in [1.29, 1.82) is 0 Å². The van der Waals surface area contributed by atoms with Crippen molar-refractivity contribution >= 4 is 11.6 Å². The third-order valence-corrected chi connectivity index (χ3v) is 2.54. The van der Waals surface area contributed by atoms with Crippen molar-refractivity contribution < 1.29 is 5.11 Å². The van der Waals surface area contributed by atoms with Crippen LogP contribution in [0, 0.1) is 6.92 Å². The minimum absolute atomic E-state index is 0.00980. The molecule has 1 aromatic heterocycles. The summed E-state index contributed by atoms with van der Waals surface area (Å²) >= 11 is 5.93. The number of imidazole rings is 1. The van der Waals surface area contributed by atoms with Crippen LogP contribution in [0.2, 0.25) is 5.02 Å². The van der Waals surface area contributed by atoms with Gasteiger partial charge in [-0.25, -0.2) is 4.98 Å². The summed E-state index contributed by atoms with van der Waals surface area (Å²) in [4.78, 5) is 4.14. The normalized spacial score (nSPS) is 10.6. The van der Waals surface area contributed by atoms with Gasteiger partial charge in [0, 0.05) is 23.0 Å². The van der Waals surface area contributed by atoms with Crippen LogP contribution in [0.3, 0.4) is 0 Å². The van der Waals surface area contributed by atoms with E-state index in [1.165, 1.54) is 0 Å². The first-order chi connectivity index (χ1) is 7.22. The van der Waals surface area contributed by atoms with E-state index >= 15 is 0 Å². The van der Waals surface area contributed by atoms with Crippen LogP contribution in [-0.2, 0) is 6.61 Å². The highest BCUT2D eigenvalue weighted by molar-refractivity contribution is 6.30. The quantitative estimate of drug-likeness (QED) is 0.847. The molecule has 4 heteroatoms. The maximum absolute atomic E-state index is 9.22. The van der Waals surface area contributed by atoms with Crippen LogP contribution in [0.5, 0.6) is 0 Å². The van der Waals surface area contributed by atoms with Gasteiger partial charge in [-0.1, -0.05) is 17.7 Å². The first kappa shape index (κ1) is 10.2. The summed E-state index contributed by atoms with van der Waals surface area (Å²) in [7, 11) is 0. The highest BCUT2D eigenvalue weighted by Gasteiger charge is 2.06. The van der Waals surface area contributed by atoms with Gasteiger partial charge in [0.2, 0.25) is 0 Å². The third kappa shape index (κ3) is 1.89. The van der Waals surface area contributed by atoms with Crippen LogP contribution >= 0.6 is 11.6 Å². The number of aryl methyl sites for hydroxylation is 1. The number of halogens is 1. The summed E-state index contributed by atoms with van der Waals surface area (Å²) in [6, 6.07) is 5.40. The first-order valence-electron chi connectivity index (χ1n) is 4.62. The fourth-order valence-corrected chi connectivity index (χ4v) is 1.69. The number of hydrogen-bond acceptors (Lipinski definition) is 2. The van der Waals surface area contributed by atoms with Crippen molar-refractivity contribution in [1.82, 2.24) is 9.55 Å². The maximum atomic E-state index is 9.22. The molecule has 0 saturated heterocycles. The molecule has 0 amide bonds. The Morgan fingerprint density at radius 1 is 1.47 bits per heavy atom. The summed E-state index contributed by atoms with van der Waals surface area (Å²) in [6.45, 7) is 1.90. The molecule has 0 radical (unpaired) electrons. The van der Waals surface area contributed by atoms with Gasteiger partial charge in [0.05, 0.1) is 12.3 Å². The highest BCUT2D eigenvalue weighted by atomic mass is 35.5. The van der Waals surface area contributed by atoms with Gasteiger partial charge >= 0.3 is 0 Å². The fraction of sp³-hybridized carbons (Fsp3) is 0.182. The van der Waals surface area contributed by atoms with Crippen molar-refractivity contribution in [3.8, 4) is 5.69 Å². The van der Waals surface area contributed by atoms with Crippen molar-refractivity contribution in [3.63, 3.8) is 0 Å². The Morgan fingerprint density at radius 2 is 2.27 bits per heavy atom. The molecule has 0 unspecified atom stereocenters. The van der Waals surface area contributed by atoms with Crippen LogP contribution in [0.1, 0.15) is 11.4 Å². The minimum Gasteiger partial charge on any atom is -0.392 e. The Kier molecular flexibility index (Phi) is 2.75. The molecule has 1 heterocycles. The van der Waals surface area contributed by atoms with E-state index in [4.69, 9.17) is 11.6 Å². The van der Waals surface area contributed by atoms with E-state index in [1.54, 1.807) is 12.3 Å². The number of benzene rings is 1. The second-order valence-corrected chi connectivity index (χ2v) is 3.71. The minimum atomic E-state index is -0.00980. The van der Waals surface area contributed by atoms with E-state index in [0.29, 0.717) is 5.02 Å². The topological polar surface area (TPSA) is 38.0 Å². The number of aliphatic hydroxyl groups excluding tert-OH is 1. The Labute approximate surface area is 93.0 Å². The van der Waals surface area contributed by atoms with Crippen LogP contribution in [-0.4, -0.2) is 14.7 Å². The van der Waals surface area contributed by atoms with Gasteiger partial charge in [-0.05, 0) is 19.1 Å². The molecular formula is C11H11ClN2O. The first-order valence-corrected chi connectivity index (χ1v) is 5.00. The van der Waals surface area contributed by atoms with Crippen molar-refractivity contribution in [2.24, 2.45) is 0 Å². The molecule has 0 aliphatic heterocycles. The average molecular weight is 223 g/mol. The zero-order chi connectivity index (χ0) is 10.8.